The number of halogens is 1. The molecule has 2 aromatic rings. The molecule has 0 aliphatic heterocycles. The van der Waals surface area contributed by atoms with Gasteiger partial charge in [-0.05, 0) is 24.6 Å². The lowest BCUT2D eigenvalue weighted by Gasteiger charge is -1.99. The molecule has 0 bridgehead atoms. The van der Waals surface area contributed by atoms with Gasteiger partial charge in [-0.25, -0.2) is 8.42 Å². The zero-order chi connectivity index (χ0) is 11.2. The van der Waals surface area contributed by atoms with Crippen molar-refractivity contribution in [2.45, 2.75) is 11.8 Å². The van der Waals surface area contributed by atoms with Crippen molar-refractivity contribution >= 4 is 30.6 Å². The second-order valence-electron chi connectivity index (χ2n) is 3.54. The highest BCUT2D eigenvalue weighted by Crippen LogP contribution is 2.24. The molecule has 1 aromatic carbocycles. The predicted molar refractivity (Wildman–Crippen MR) is 60.7 cm³/mol. The van der Waals surface area contributed by atoms with E-state index in [1.165, 1.54) is 6.07 Å². The van der Waals surface area contributed by atoms with Crippen LogP contribution in [-0.2, 0) is 16.1 Å². The Bertz CT molecular complexity index is 628. The van der Waals surface area contributed by atoms with Crippen molar-refractivity contribution < 1.29 is 8.42 Å². The van der Waals surface area contributed by atoms with Gasteiger partial charge in [-0.3, -0.25) is 0 Å². The van der Waals surface area contributed by atoms with Gasteiger partial charge in [0.05, 0.1) is 4.90 Å². The SMILES string of the molecule is Cc1cn(C)c2cc(S(=O)(=O)Cl)ccc12. The smallest absolute Gasteiger partial charge is 0.261 e. The van der Waals surface area contributed by atoms with Crippen LogP contribution in [0.3, 0.4) is 0 Å². The largest absolute Gasteiger partial charge is 0.350 e. The Kier molecular flexibility index (Phi) is 2.28. The van der Waals surface area contributed by atoms with Crippen LogP contribution in [0.1, 0.15) is 5.56 Å². The summed E-state index contributed by atoms with van der Waals surface area (Å²) >= 11 is 0. The highest BCUT2D eigenvalue weighted by atomic mass is 35.7. The van der Waals surface area contributed by atoms with Gasteiger partial charge in [-0.1, -0.05) is 6.07 Å². The van der Waals surface area contributed by atoms with Crippen molar-refractivity contribution in [2.75, 3.05) is 0 Å². The summed E-state index contributed by atoms with van der Waals surface area (Å²) < 4.78 is 24.2. The topological polar surface area (TPSA) is 39.1 Å². The van der Waals surface area contributed by atoms with Gasteiger partial charge in [0.2, 0.25) is 0 Å². The first-order valence-electron chi connectivity index (χ1n) is 4.40. The second kappa shape index (κ2) is 3.25. The average molecular weight is 244 g/mol. The van der Waals surface area contributed by atoms with E-state index in [2.05, 4.69) is 0 Å². The number of aryl methyl sites for hydroxylation is 2. The first kappa shape index (κ1) is 10.5. The molecule has 0 atom stereocenters. The third-order valence-corrected chi connectivity index (χ3v) is 3.79. The van der Waals surface area contributed by atoms with Crippen molar-refractivity contribution in [3.05, 3.63) is 30.0 Å². The first-order valence-corrected chi connectivity index (χ1v) is 6.71. The van der Waals surface area contributed by atoms with E-state index < -0.39 is 9.05 Å². The molecule has 0 unspecified atom stereocenters. The van der Waals surface area contributed by atoms with E-state index in [0.29, 0.717) is 0 Å². The Morgan fingerprint density at radius 2 is 2.00 bits per heavy atom. The number of fused-ring (bicyclic) bond motifs is 1. The maximum atomic E-state index is 11.2. The highest BCUT2D eigenvalue weighted by molar-refractivity contribution is 8.13. The summed E-state index contributed by atoms with van der Waals surface area (Å²) in [5, 5.41) is 1.04. The lowest BCUT2D eigenvalue weighted by Crippen LogP contribution is -1.91. The molecule has 0 fully saturated rings. The number of nitrogens with zero attached hydrogens (tertiary/aromatic N) is 1. The molecule has 0 amide bonds. The Hall–Kier alpha value is -1.00. The summed E-state index contributed by atoms with van der Waals surface area (Å²) in [6, 6.07) is 4.89. The van der Waals surface area contributed by atoms with Crippen molar-refractivity contribution in [1.29, 1.82) is 0 Å². The number of hydrogen-bond donors (Lipinski definition) is 0. The van der Waals surface area contributed by atoms with E-state index in [1.54, 1.807) is 12.1 Å². The maximum absolute atomic E-state index is 11.2. The summed E-state index contributed by atoms with van der Waals surface area (Å²) in [6.45, 7) is 1.98. The van der Waals surface area contributed by atoms with Crippen molar-refractivity contribution in [3.63, 3.8) is 0 Å². The monoisotopic (exact) mass is 243 g/mol. The van der Waals surface area contributed by atoms with E-state index in [0.717, 1.165) is 16.5 Å². The molecule has 15 heavy (non-hydrogen) atoms. The van der Waals surface area contributed by atoms with Crippen LogP contribution in [0.2, 0.25) is 0 Å². The molecule has 0 radical (unpaired) electrons. The summed E-state index contributed by atoms with van der Waals surface area (Å²) in [7, 11) is 3.51. The minimum Gasteiger partial charge on any atom is -0.350 e. The van der Waals surface area contributed by atoms with Crippen LogP contribution >= 0.6 is 10.7 Å². The van der Waals surface area contributed by atoms with Gasteiger partial charge >= 0.3 is 0 Å². The highest BCUT2D eigenvalue weighted by Gasteiger charge is 2.12. The van der Waals surface area contributed by atoms with E-state index in [1.807, 2.05) is 24.7 Å². The van der Waals surface area contributed by atoms with Crippen LogP contribution in [-0.4, -0.2) is 13.0 Å². The fourth-order valence-electron chi connectivity index (χ4n) is 1.72. The fraction of sp³-hybridized carbons (Fsp3) is 0.200. The van der Waals surface area contributed by atoms with Gasteiger partial charge in [0, 0.05) is 34.8 Å². The van der Waals surface area contributed by atoms with Gasteiger partial charge in [0.15, 0.2) is 0 Å². The fourth-order valence-corrected chi connectivity index (χ4v) is 2.49. The normalized spacial score (nSPS) is 12.2. The van der Waals surface area contributed by atoms with Crippen LogP contribution in [0.15, 0.2) is 29.3 Å². The van der Waals surface area contributed by atoms with Crippen LogP contribution in [0.5, 0.6) is 0 Å². The second-order valence-corrected chi connectivity index (χ2v) is 6.11. The molecule has 0 aliphatic rings. The van der Waals surface area contributed by atoms with Crippen molar-refractivity contribution in [3.8, 4) is 0 Å². The van der Waals surface area contributed by atoms with Gasteiger partial charge in [0.1, 0.15) is 0 Å². The van der Waals surface area contributed by atoms with Crippen LogP contribution < -0.4 is 0 Å². The molecule has 0 saturated carbocycles. The molecular weight excluding hydrogens is 234 g/mol. The quantitative estimate of drug-likeness (QED) is 0.722. The summed E-state index contributed by atoms with van der Waals surface area (Å²) in [6.07, 6.45) is 1.95. The maximum Gasteiger partial charge on any atom is 0.261 e. The lowest BCUT2D eigenvalue weighted by molar-refractivity contribution is 0.609. The molecule has 3 nitrogen and oxygen atoms in total. The average Bonchev–Trinajstić information content (AvgIpc) is 2.41. The van der Waals surface area contributed by atoms with E-state index in [4.69, 9.17) is 10.7 Å². The standard InChI is InChI=1S/C10H10ClNO2S/c1-7-6-12(2)10-5-8(15(11,13)14)3-4-9(7)10/h3-6H,1-2H3. The van der Waals surface area contributed by atoms with E-state index in [9.17, 15) is 8.42 Å². The number of aromatic nitrogens is 1. The zero-order valence-corrected chi connectivity index (χ0v) is 9.93. The third-order valence-electron chi connectivity index (χ3n) is 2.44. The molecule has 0 N–H and O–H groups in total. The summed E-state index contributed by atoms with van der Waals surface area (Å²) in [5.41, 5.74) is 1.99. The Morgan fingerprint density at radius 3 is 2.60 bits per heavy atom. The number of hydrogen-bond acceptors (Lipinski definition) is 2. The molecule has 0 spiro atoms. The lowest BCUT2D eigenvalue weighted by atomic mass is 10.2. The minimum atomic E-state index is -3.64. The van der Waals surface area contributed by atoms with Crippen molar-refractivity contribution in [2.24, 2.45) is 7.05 Å². The van der Waals surface area contributed by atoms with Crippen LogP contribution in [0.25, 0.3) is 10.9 Å². The first-order chi connectivity index (χ1) is 6.89. The summed E-state index contributed by atoms with van der Waals surface area (Å²) in [4.78, 5) is 0.137. The van der Waals surface area contributed by atoms with E-state index in [-0.39, 0.29) is 4.90 Å². The Labute approximate surface area is 92.7 Å². The molecule has 0 aliphatic carbocycles. The molecule has 1 heterocycles. The zero-order valence-electron chi connectivity index (χ0n) is 8.36. The van der Waals surface area contributed by atoms with Crippen molar-refractivity contribution in [1.82, 2.24) is 4.57 Å². The summed E-state index contributed by atoms with van der Waals surface area (Å²) in [5.74, 6) is 0. The van der Waals surface area contributed by atoms with Gasteiger partial charge < -0.3 is 4.57 Å². The minimum absolute atomic E-state index is 0.137. The van der Waals surface area contributed by atoms with Gasteiger partial charge in [-0.15, -0.1) is 0 Å². The van der Waals surface area contributed by atoms with Gasteiger partial charge in [0.25, 0.3) is 9.05 Å². The number of rotatable bonds is 1. The molecule has 2 rings (SSSR count). The van der Waals surface area contributed by atoms with Crippen LogP contribution in [0.4, 0.5) is 0 Å². The van der Waals surface area contributed by atoms with Crippen LogP contribution in [0, 0.1) is 6.92 Å². The van der Waals surface area contributed by atoms with Gasteiger partial charge in [-0.2, -0.15) is 0 Å². The molecule has 5 heteroatoms. The third kappa shape index (κ3) is 1.75. The number of benzene rings is 1. The molecule has 80 valence electrons. The Morgan fingerprint density at radius 1 is 1.33 bits per heavy atom. The molecule has 1 aromatic heterocycles. The van der Waals surface area contributed by atoms with E-state index >= 15 is 0 Å². The predicted octanol–water partition coefficient (Wildman–Crippen LogP) is 2.41. The molecular formula is C10H10ClNO2S. The molecule has 0 saturated heterocycles. The Balaban J connectivity index is 2.82.